The summed E-state index contributed by atoms with van der Waals surface area (Å²) in [7, 11) is 4.07. The molecule has 2 aliphatic heterocycles. The van der Waals surface area contributed by atoms with Crippen molar-refractivity contribution in [3.63, 3.8) is 0 Å². The Morgan fingerprint density at radius 1 is 1.53 bits per heavy atom. The predicted octanol–water partition coefficient (Wildman–Crippen LogP) is 0.459. The van der Waals surface area contributed by atoms with Gasteiger partial charge in [0.2, 0.25) is 5.91 Å². The van der Waals surface area contributed by atoms with Crippen molar-refractivity contribution in [1.29, 1.82) is 0 Å². The highest BCUT2D eigenvalue weighted by atomic mass is 16.2. The maximum atomic E-state index is 12.2. The largest absolute Gasteiger partial charge is 0.340 e. The van der Waals surface area contributed by atoms with Crippen LogP contribution in [-0.2, 0) is 4.79 Å². The Labute approximate surface area is 104 Å². The van der Waals surface area contributed by atoms with Crippen LogP contribution in [0.25, 0.3) is 0 Å². The van der Waals surface area contributed by atoms with Crippen LogP contribution in [0.3, 0.4) is 0 Å². The van der Waals surface area contributed by atoms with Crippen LogP contribution in [0.15, 0.2) is 11.1 Å². The van der Waals surface area contributed by atoms with E-state index in [0.717, 1.165) is 31.8 Å². The number of carbonyl (C=O) groups is 1. The van der Waals surface area contributed by atoms with Gasteiger partial charge in [-0.05, 0) is 38.9 Å². The molecular formula is C13H23N3O. The predicted molar refractivity (Wildman–Crippen MR) is 68.9 cm³/mol. The fourth-order valence-corrected chi connectivity index (χ4v) is 2.56. The lowest BCUT2D eigenvalue weighted by Crippen LogP contribution is -2.42. The number of likely N-dealkylation sites (N-methyl/N-ethyl adjacent to an activating group) is 2. The van der Waals surface area contributed by atoms with Crippen molar-refractivity contribution >= 4 is 5.91 Å². The molecule has 1 amide bonds. The third-order valence-corrected chi connectivity index (χ3v) is 4.03. The molecule has 2 aliphatic rings. The summed E-state index contributed by atoms with van der Waals surface area (Å²) in [5, 5.41) is 3.18. The molecule has 0 spiro atoms. The van der Waals surface area contributed by atoms with E-state index < -0.39 is 0 Å². The summed E-state index contributed by atoms with van der Waals surface area (Å²) in [5.74, 6) is 0.196. The summed E-state index contributed by atoms with van der Waals surface area (Å²) >= 11 is 0. The van der Waals surface area contributed by atoms with Crippen LogP contribution in [0.2, 0.25) is 0 Å². The zero-order valence-electron chi connectivity index (χ0n) is 11.1. The van der Waals surface area contributed by atoms with Crippen LogP contribution in [-0.4, -0.2) is 62.0 Å². The second-order valence-corrected chi connectivity index (χ2v) is 5.29. The average molecular weight is 237 g/mol. The van der Waals surface area contributed by atoms with Crippen molar-refractivity contribution in [3.05, 3.63) is 11.1 Å². The topological polar surface area (TPSA) is 35.6 Å². The number of hydrogen-bond acceptors (Lipinski definition) is 3. The summed E-state index contributed by atoms with van der Waals surface area (Å²) in [6.45, 7) is 5.74. The third-order valence-electron chi connectivity index (χ3n) is 4.03. The molecule has 96 valence electrons. The second-order valence-electron chi connectivity index (χ2n) is 5.29. The SMILES string of the molecule is CC(C(=O)N(C)CC1CCCN1C)=C1CNC1. The fourth-order valence-electron chi connectivity index (χ4n) is 2.56. The zero-order valence-corrected chi connectivity index (χ0v) is 11.1. The van der Waals surface area contributed by atoms with Gasteiger partial charge in [-0.3, -0.25) is 4.79 Å². The monoisotopic (exact) mass is 237 g/mol. The summed E-state index contributed by atoms with van der Waals surface area (Å²) in [5.41, 5.74) is 2.20. The van der Waals surface area contributed by atoms with Crippen LogP contribution in [0.1, 0.15) is 19.8 Å². The molecule has 0 aromatic rings. The Balaban J connectivity index is 1.91. The molecule has 2 fully saturated rings. The van der Waals surface area contributed by atoms with Crippen LogP contribution in [0.4, 0.5) is 0 Å². The van der Waals surface area contributed by atoms with Crippen molar-refractivity contribution in [1.82, 2.24) is 15.1 Å². The Bertz CT molecular complexity index is 332. The quantitative estimate of drug-likeness (QED) is 0.724. The molecule has 4 heteroatoms. The van der Waals surface area contributed by atoms with Crippen LogP contribution in [0, 0.1) is 0 Å². The van der Waals surface area contributed by atoms with Gasteiger partial charge in [0, 0.05) is 38.3 Å². The molecule has 4 nitrogen and oxygen atoms in total. The lowest BCUT2D eigenvalue weighted by atomic mass is 10.0. The Morgan fingerprint density at radius 3 is 2.71 bits per heavy atom. The minimum atomic E-state index is 0.196. The lowest BCUT2D eigenvalue weighted by molar-refractivity contribution is -0.126. The van der Waals surface area contributed by atoms with E-state index in [9.17, 15) is 4.79 Å². The highest BCUT2D eigenvalue weighted by Gasteiger charge is 2.25. The molecule has 1 atom stereocenters. The average Bonchev–Trinajstić information content (AvgIpc) is 2.60. The number of hydrogen-bond donors (Lipinski definition) is 1. The van der Waals surface area contributed by atoms with Crippen molar-refractivity contribution in [3.8, 4) is 0 Å². The maximum Gasteiger partial charge on any atom is 0.249 e. The van der Waals surface area contributed by atoms with Crippen molar-refractivity contribution in [2.45, 2.75) is 25.8 Å². The normalized spacial score (nSPS) is 24.6. The molecule has 0 aromatic heterocycles. The zero-order chi connectivity index (χ0) is 12.4. The van der Waals surface area contributed by atoms with Gasteiger partial charge in [0.15, 0.2) is 0 Å². The molecule has 0 bridgehead atoms. The Kier molecular flexibility index (Phi) is 3.84. The van der Waals surface area contributed by atoms with Gasteiger partial charge in [-0.2, -0.15) is 0 Å². The highest BCUT2D eigenvalue weighted by Crippen LogP contribution is 2.17. The summed E-state index contributed by atoms with van der Waals surface area (Å²) < 4.78 is 0. The molecule has 0 aliphatic carbocycles. The Hall–Kier alpha value is -0.870. The van der Waals surface area contributed by atoms with E-state index in [2.05, 4.69) is 17.3 Å². The van der Waals surface area contributed by atoms with E-state index >= 15 is 0 Å². The first-order chi connectivity index (χ1) is 8.09. The smallest absolute Gasteiger partial charge is 0.249 e. The molecule has 2 heterocycles. The Morgan fingerprint density at radius 2 is 2.24 bits per heavy atom. The fraction of sp³-hybridized carbons (Fsp3) is 0.769. The van der Waals surface area contributed by atoms with Gasteiger partial charge in [-0.25, -0.2) is 0 Å². The third kappa shape index (κ3) is 2.69. The van der Waals surface area contributed by atoms with E-state index in [0.29, 0.717) is 6.04 Å². The van der Waals surface area contributed by atoms with Gasteiger partial charge >= 0.3 is 0 Å². The van der Waals surface area contributed by atoms with Crippen molar-refractivity contribution < 1.29 is 4.79 Å². The van der Waals surface area contributed by atoms with E-state index in [1.807, 2.05) is 18.9 Å². The van der Waals surface area contributed by atoms with E-state index in [1.54, 1.807) is 0 Å². The van der Waals surface area contributed by atoms with E-state index in [1.165, 1.54) is 18.4 Å². The molecule has 1 N–H and O–H groups in total. The number of rotatable bonds is 3. The first-order valence-electron chi connectivity index (χ1n) is 6.44. The lowest BCUT2D eigenvalue weighted by Gasteiger charge is -2.28. The van der Waals surface area contributed by atoms with Crippen LogP contribution < -0.4 is 5.32 Å². The van der Waals surface area contributed by atoms with Crippen LogP contribution in [0.5, 0.6) is 0 Å². The van der Waals surface area contributed by atoms with Gasteiger partial charge in [0.05, 0.1) is 0 Å². The summed E-state index contributed by atoms with van der Waals surface area (Å²) in [4.78, 5) is 16.4. The number of nitrogens with zero attached hydrogens (tertiary/aromatic N) is 2. The van der Waals surface area contributed by atoms with E-state index in [-0.39, 0.29) is 5.91 Å². The minimum absolute atomic E-state index is 0.196. The highest BCUT2D eigenvalue weighted by molar-refractivity contribution is 5.93. The van der Waals surface area contributed by atoms with Crippen LogP contribution >= 0.6 is 0 Å². The van der Waals surface area contributed by atoms with Gasteiger partial charge in [-0.1, -0.05) is 0 Å². The molecule has 0 aromatic carbocycles. The molecule has 0 radical (unpaired) electrons. The molecular weight excluding hydrogens is 214 g/mol. The van der Waals surface area contributed by atoms with Crippen molar-refractivity contribution in [2.75, 3.05) is 40.3 Å². The first-order valence-corrected chi connectivity index (χ1v) is 6.44. The van der Waals surface area contributed by atoms with Gasteiger partial charge in [0.25, 0.3) is 0 Å². The molecule has 1 unspecified atom stereocenters. The summed E-state index contributed by atoms with van der Waals surface area (Å²) in [6, 6.07) is 0.543. The molecule has 2 saturated heterocycles. The number of amides is 1. The molecule has 0 saturated carbocycles. The number of carbonyl (C=O) groups excluding carboxylic acids is 1. The number of likely N-dealkylation sites (tertiary alicyclic amines) is 1. The minimum Gasteiger partial charge on any atom is -0.340 e. The molecule has 17 heavy (non-hydrogen) atoms. The van der Waals surface area contributed by atoms with Crippen molar-refractivity contribution in [2.24, 2.45) is 0 Å². The molecule has 2 rings (SSSR count). The standard InChI is InChI=1S/C13H23N3O/c1-10(11-7-14-8-11)13(17)16(3)9-12-5-4-6-15(12)2/h12,14H,4-9H2,1-3H3. The first kappa shape index (κ1) is 12.6. The maximum absolute atomic E-state index is 12.2. The number of nitrogens with one attached hydrogen (secondary N) is 1. The van der Waals surface area contributed by atoms with Gasteiger partial charge in [0.1, 0.15) is 0 Å². The van der Waals surface area contributed by atoms with Gasteiger partial charge in [-0.15, -0.1) is 0 Å². The second kappa shape index (κ2) is 5.19. The summed E-state index contributed by atoms with van der Waals surface area (Å²) in [6.07, 6.45) is 2.47. The van der Waals surface area contributed by atoms with E-state index in [4.69, 9.17) is 0 Å². The van der Waals surface area contributed by atoms with Gasteiger partial charge < -0.3 is 15.1 Å².